The molecule has 27 heavy (non-hydrogen) atoms. The van der Waals surface area contributed by atoms with Gasteiger partial charge in [0, 0.05) is 24.2 Å². The first-order valence-corrected chi connectivity index (χ1v) is 8.30. The van der Waals surface area contributed by atoms with Gasteiger partial charge in [-0.2, -0.15) is 23.5 Å². The molecule has 0 saturated heterocycles. The molecule has 9 heteroatoms. The van der Waals surface area contributed by atoms with Gasteiger partial charge in [-0.25, -0.2) is 0 Å². The molecule has 0 unspecified atom stereocenters. The zero-order valence-electron chi connectivity index (χ0n) is 14.9. The van der Waals surface area contributed by atoms with Gasteiger partial charge >= 0.3 is 6.18 Å². The van der Waals surface area contributed by atoms with Gasteiger partial charge in [0.1, 0.15) is 5.75 Å². The summed E-state index contributed by atoms with van der Waals surface area (Å²) < 4.78 is 46.4. The Labute approximate surface area is 154 Å². The molecule has 6 nitrogen and oxygen atoms in total. The number of alkyl halides is 3. The minimum atomic E-state index is -4.71. The molecule has 1 aromatic carbocycles. The normalized spacial score (nSPS) is 11.3. The lowest BCUT2D eigenvalue weighted by Crippen LogP contribution is -2.22. The summed E-state index contributed by atoms with van der Waals surface area (Å²) in [6, 6.07) is 7.76. The van der Waals surface area contributed by atoms with Crippen LogP contribution in [-0.4, -0.2) is 22.3 Å². The van der Waals surface area contributed by atoms with E-state index < -0.39 is 29.4 Å². The minimum absolute atomic E-state index is 0.295. The van der Waals surface area contributed by atoms with Crippen LogP contribution in [0.15, 0.2) is 30.5 Å². The number of aromatic nitrogens is 2. The van der Waals surface area contributed by atoms with E-state index in [1.165, 1.54) is 6.07 Å². The van der Waals surface area contributed by atoms with Gasteiger partial charge in [0.15, 0.2) is 5.69 Å². The van der Waals surface area contributed by atoms with Gasteiger partial charge in [0.2, 0.25) is 0 Å². The third-order valence-corrected chi connectivity index (χ3v) is 3.59. The number of ether oxygens (including phenoxy) is 1. The molecule has 0 saturated carbocycles. The maximum Gasteiger partial charge on any atom is 0.433 e. The van der Waals surface area contributed by atoms with Crippen LogP contribution in [0.3, 0.4) is 0 Å². The predicted molar refractivity (Wildman–Crippen MR) is 92.4 cm³/mol. The average Bonchev–Trinajstić information content (AvgIpc) is 3.05. The van der Waals surface area contributed by atoms with E-state index >= 15 is 0 Å². The van der Waals surface area contributed by atoms with Crippen molar-refractivity contribution >= 4 is 11.6 Å². The Morgan fingerprint density at radius 1 is 1.41 bits per heavy atom. The molecule has 1 N–H and O–H groups in total. The smallest absolute Gasteiger partial charge is 0.433 e. The van der Waals surface area contributed by atoms with Crippen molar-refractivity contribution in [2.75, 3.05) is 11.9 Å². The van der Waals surface area contributed by atoms with Crippen molar-refractivity contribution in [1.29, 1.82) is 5.26 Å². The summed E-state index contributed by atoms with van der Waals surface area (Å²) in [6.07, 6.45) is -2.88. The molecule has 0 aliphatic rings. The number of rotatable bonds is 7. The molecule has 144 valence electrons. The summed E-state index contributed by atoms with van der Waals surface area (Å²) in [4.78, 5) is 12.4. The van der Waals surface area contributed by atoms with Crippen LogP contribution < -0.4 is 10.1 Å². The second kappa shape index (κ2) is 8.58. The largest absolute Gasteiger partial charge is 0.493 e. The molecule has 0 aliphatic carbocycles. The zero-order chi connectivity index (χ0) is 20.0. The topological polar surface area (TPSA) is 79.9 Å². The molecule has 1 amide bonds. The quantitative estimate of drug-likeness (QED) is 0.721. The molecule has 2 aromatic rings. The summed E-state index contributed by atoms with van der Waals surface area (Å²) in [6.45, 7) is 3.43. The Bertz CT molecular complexity index is 838. The number of carbonyl (C=O) groups excluding carboxylic acids is 1. The Hall–Kier alpha value is -3.02. The zero-order valence-corrected chi connectivity index (χ0v) is 14.9. The van der Waals surface area contributed by atoms with E-state index in [-0.39, 0.29) is 0 Å². The maximum absolute atomic E-state index is 13.4. The van der Waals surface area contributed by atoms with E-state index in [2.05, 4.69) is 10.4 Å². The summed E-state index contributed by atoms with van der Waals surface area (Å²) in [5, 5.41) is 14.6. The first-order valence-electron chi connectivity index (χ1n) is 8.30. The van der Waals surface area contributed by atoms with E-state index in [0.717, 1.165) is 10.9 Å². The number of halogens is 3. The van der Waals surface area contributed by atoms with Gasteiger partial charge in [-0.15, -0.1) is 0 Å². The van der Waals surface area contributed by atoms with Crippen LogP contribution >= 0.6 is 0 Å². The number of hydrogen-bond acceptors (Lipinski definition) is 4. The number of nitrogens with zero attached hydrogens (tertiary/aromatic N) is 3. The molecule has 1 aromatic heterocycles. The van der Waals surface area contributed by atoms with Crippen LogP contribution in [0.5, 0.6) is 5.75 Å². The third-order valence-electron chi connectivity index (χ3n) is 3.59. The minimum Gasteiger partial charge on any atom is -0.493 e. The lowest BCUT2D eigenvalue weighted by molar-refractivity contribution is -0.145. The Morgan fingerprint density at radius 3 is 2.78 bits per heavy atom. The average molecular weight is 380 g/mol. The molecular formula is C18H19F3N4O2. The van der Waals surface area contributed by atoms with E-state index in [1.54, 1.807) is 32.0 Å². The summed E-state index contributed by atoms with van der Waals surface area (Å²) in [7, 11) is 0. The predicted octanol–water partition coefficient (Wildman–Crippen LogP) is 4.42. The molecule has 0 atom stereocenters. The number of amides is 1. The van der Waals surface area contributed by atoms with Crippen LogP contribution in [-0.2, 0) is 6.18 Å². The second-order valence-electron chi connectivity index (χ2n) is 6.04. The highest BCUT2D eigenvalue weighted by Crippen LogP contribution is 2.34. The Balaban J connectivity index is 2.17. The van der Waals surface area contributed by atoms with Crippen LogP contribution in [0.2, 0.25) is 0 Å². The van der Waals surface area contributed by atoms with Gasteiger partial charge in [0.05, 0.1) is 24.4 Å². The van der Waals surface area contributed by atoms with E-state index in [9.17, 15) is 18.0 Å². The summed E-state index contributed by atoms with van der Waals surface area (Å²) in [5.74, 6) is -0.462. The number of hydrogen-bond donors (Lipinski definition) is 1. The van der Waals surface area contributed by atoms with Gasteiger partial charge < -0.3 is 10.1 Å². The highest BCUT2D eigenvalue weighted by molar-refractivity contribution is 6.05. The van der Waals surface area contributed by atoms with Crippen molar-refractivity contribution in [3.63, 3.8) is 0 Å². The molecule has 2 rings (SSSR count). The molecule has 0 spiro atoms. The number of nitriles is 1. The monoisotopic (exact) mass is 380 g/mol. The highest BCUT2D eigenvalue weighted by atomic mass is 19.4. The number of anilines is 1. The Kier molecular flexibility index (Phi) is 6.45. The summed E-state index contributed by atoms with van der Waals surface area (Å²) in [5.41, 5.74) is -1.33. The lowest BCUT2D eigenvalue weighted by atomic mass is 10.2. The highest BCUT2D eigenvalue weighted by Gasteiger charge is 2.40. The number of benzene rings is 1. The molecule has 0 aliphatic heterocycles. The SMILES string of the molecule is CC(C)n1ncc(C(=O)Nc2cccc(OCCCC#N)c2)c1C(F)(F)F. The molecule has 0 fully saturated rings. The second-order valence-corrected chi connectivity index (χ2v) is 6.04. The summed E-state index contributed by atoms with van der Waals surface area (Å²) >= 11 is 0. The number of unbranched alkanes of at least 4 members (excludes halogenated alkanes) is 1. The molecule has 1 heterocycles. The van der Waals surface area contributed by atoms with Crippen LogP contribution in [0.25, 0.3) is 0 Å². The van der Waals surface area contributed by atoms with Crippen molar-refractivity contribution in [3.8, 4) is 11.8 Å². The maximum atomic E-state index is 13.4. The molecular weight excluding hydrogens is 361 g/mol. The van der Waals surface area contributed by atoms with Gasteiger partial charge in [-0.1, -0.05) is 6.07 Å². The first-order chi connectivity index (χ1) is 12.7. The van der Waals surface area contributed by atoms with Crippen LogP contribution in [0.1, 0.15) is 48.8 Å². The van der Waals surface area contributed by atoms with Gasteiger partial charge in [0.25, 0.3) is 5.91 Å². The standard InChI is InChI=1S/C18H19F3N4O2/c1-12(2)25-16(18(19,20)21)15(11-23-25)17(26)24-13-6-5-7-14(10-13)27-9-4-3-8-22/h5-7,10-12H,3-4,9H2,1-2H3,(H,24,26). The molecule has 0 bridgehead atoms. The number of carbonyl (C=O) groups is 1. The van der Waals surface area contributed by atoms with Crippen molar-refractivity contribution in [2.24, 2.45) is 0 Å². The van der Waals surface area contributed by atoms with Crippen molar-refractivity contribution in [3.05, 3.63) is 41.7 Å². The van der Waals surface area contributed by atoms with Crippen molar-refractivity contribution in [1.82, 2.24) is 9.78 Å². The van der Waals surface area contributed by atoms with Crippen molar-refractivity contribution in [2.45, 2.75) is 38.9 Å². The van der Waals surface area contributed by atoms with Crippen LogP contribution in [0.4, 0.5) is 18.9 Å². The fourth-order valence-corrected chi connectivity index (χ4v) is 2.41. The Morgan fingerprint density at radius 2 is 2.15 bits per heavy atom. The fourth-order valence-electron chi connectivity index (χ4n) is 2.41. The van der Waals surface area contributed by atoms with Crippen LogP contribution in [0, 0.1) is 11.3 Å². The first kappa shape index (κ1) is 20.3. The van der Waals surface area contributed by atoms with E-state index in [0.29, 0.717) is 30.9 Å². The van der Waals surface area contributed by atoms with Crippen molar-refractivity contribution < 1.29 is 22.7 Å². The van der Waals surface area contributed by atoms with E-state index in [4.69, 9.17) is 10.00 Å². The fraction of sp³-hybridized carbons (Fsp3) is 0.389. The lowest BCUT2D eigenvalue weighted by Gasteiger charge is -2.15. The van der Waals surface area contributed by atoms with E-state index in [1.807, 2.05) is 6.07 Å². The van der Waals surface area contributed by atoms with Gasteiger partial charge in [-0.05, 0) is 32.4 Å². The number of nitrogens with one attached hydrogen (secondary N) is 1. The molecule has 0 radical (unpaired) electrons. The third kappa shape index (κ3) is 5.23. The van der Waals surface area contributed by atoms with Gasteiger partial charge in [-0.3, -0.25) is 9.48 Å².